The lowest BCUT2D eigenvalue weighted by Gasteiger charge is -2.28. The Morgan fingerprint density at radius 1 is 1.18 bits per heavy atom. The molecular formula is C22H20FN3O2. The Morgan fingerprint density at radius 3 is 2.86 bits per heavy atom. The summed E-state index contributed by atoms with van der Waals surface area (Å²) in [6.07, 6.45) is 6.03. The van der Waals surface area contributed by atoms with Crippen LogP contribution in [0.4, 0.5) is 10.1 Å². The number of aryl methyl sites for hydroxylation is 2. The number of fused-ring (bicyclic) bond motifs is 1. The lowest BCUT2D eigenvalue weighted by atomic mass is 9.93. The summed E-state index contributed by atoms with van der Waals surface area (Å²) in [4.78, 5) is 22.1. The number of carbonyl (C=O) groups is 1. The van der Waals surface area contributed by atoms with Gasteiger partial charge in [0.15, 0.2) is 0 Å². The van der Waals surface area contributed by atoms with Crippen LogP contribution < -0.4 is 9.64 Å². The van der Waals surface area contributed by atoms with Crippen LogP contribution in [0.5, 0.6) is 5.88 Å². The molecule has 142 valence electrons. The Labute approximate surface area is 162 Å². The van der Waals surface area contributed by atoms with Crippen molar-refractivity contribution in [3.63, 3.8) is 0 Å². The summed E-state index contributed by atoms with van der Waals surface area (Å²) in [5.41, 5.74) is 4.45. The standard InChI is InChI=1S/C22H20FN3O2/c1-14-7-8-25-19(9-14)28-13-15-10-17(12-24-11-15)21-18(23)5-3-16-4-6-20(27)26(2)22(16)21/h3,5,7-12H,4,6,13H2,1-2H3. The number of benzene rings is 1. The molecule has 5 nitrogen and oxygen atoms in total. The number of halogens is 1. The Morgan fingerprint density at radius 2 is 2.04 bits per heavy atom. The van der Waals surface area contributed by atoms with Crippen molar-refractivity contribution in [2.24, 2.45) is 0 Å². The summed E-state index contributed by atoms with van der Waals surface area (Å²) in [6, 6.07) is 8.80. The van der Waals surface area contributed by atoms with Crippen molar-refractivity contribution in [2.45, 2.75) is 26.4 Å². The van der Waals surface area contributed by atoms with Gasteiger partial charge in [-0.1, -0.05) is 6.07 Å². The topological polar surface area (TPSA) is 55.3 Å². The summed E-state index contributed by atoms with van der Waals surface area (Å²) in [5.74, 6) is 0.136. The van der Waals surface area contributed by atoms with E-state index in [9.17, 15) is 9.18 Å². The fourth-order valence-electron chi connectivity index (χ4n) is 3.45. The van der Waals surface area contributed by atoms with E-state index in [0.29, 0.717) is 35.5 Å². The van der Waals surface area contributed by atoms with Crippen LogP contribution in [0.2, 0.25) is 0 Å². The largest absolute Gasteiger partial charge is 0.473 e. The van der Waals surface area contributed by atoms with Crippen LogP contribution in [-0.2, 0) is 17.8 Å². The van der Waals surface area contributed by atoms with Crippen LogP contribution in [0.1, 0.15) is 23.1 Å². The molecule has 6 heteroatoms. The highest BCUT2D eigenvalue weighted by Crippen LogP contribution is 2.39. The molecule has 1 amide bonds. The van der Waals surface area contributed by atoms with Gasteiger partial charge in [0, 0.05) is 54.8 Å². The minimum Gasteiger partial charge on any atom is -0.473 e. The maximum atomic E-state index is 14.8. The third kappa shape index (κ3) is 3.45. The molecule has 1 aliphatic heterocycles. The molecule has 0 spiro atoms. The molecule has 3 heterocycles. The van der Waals surface area contributed by atoms with E-state index in [0.717, 1.165) is 16.7 Å². The minimum absolute atomic E-state index is 0.0164. The fraction of sp³-hybridized carbons (Fsp3) is 0.227. The van der Waals surface area contributed by atoms with Crippen molar-refractivity contribution in [3.05, 3.63) is 71.4 Å². The monoisotopic (exact) mass is 377 g/mol. The molecule has 0 bridgehead atoms. The quantitative estimate of drug-likeness (QED) is 0.688. The first kappa shape index (κ1) is 18.1. The lowest BCUT2D eigenvalue weighted by molar-refractivity contribution is -0.118. The molecule has 0 radical (unpaired) electrons. The van der Waals surface area contributed by atoms with Gasteiger partial charge in [-0.15, -0.1) is 0 Å². The molecule has 0 unspecified atom stereocenters. The number of anilines is 1. The molecule has 0 N–H and O–H groups in total. The number of amides is 1. The molecule has 28 heavy (non-hydrogen) atoms. The van der Waals surface area contributed by atoms with Gasteiger partial charge in [0.1, 0.15) is 12.4 Å². The normalized spacial score (nSPS) is 13.4. The molecule has 3 aromatic rings. The van der Waals surface area contributed by atoms with E-state index in [1.54, 1.807) is 31.7 Å². The van der Waals surface area contributed by atoms with Gasteiger partial charge >= 0.3 is 0 Å². The number of rotatable bonds is 4. The molecule has 0 saturated carbocycles. The van der Waals surface area contributed by atoms with Crippen molar-refractivity contribution < 1.29 is 13.9 Å². The molecule has 0 saturated heterocycles. The van der Waals surface area contributed by atoms with E-state index < -0.39 is 0 Å². The number of aromatic nitrogens is 2. The van der Waals surface area contributed by atoms with Crippen LogP contribution >= 0.6 is 0 Å². The van der Waals surface area contributed by atoms with Crippen molar-refractivity contribution in [3.8, 4) is 17.0 Å². The van der Waals surface area contributed by atoms with E-state index >= 15 is 0 Å². The summed E-state index contributed by atoms with van der Waals surface area (Å²) < 4.78 is 20.5. The summed E-state index contributed by atoms with van der Waals surface area (Å²) in [5, 5.41) is 0. The predicted octanol–water partition coefficient (Wildman–Crippen LogP) is 4.08. The zero-order valence-corrected chi connectivity index (χ0v) is 15.8. The second-order valence-corrected chi connectivity index (χ2v) is 6.92. The molecule has 4 rings (SSSR count). The van der Waals surface area contributed by atoms with E-state index in [1.165, 1.54) is 11.0 Å². The molecular weight excluding hydrogens is 357 g/mol. The number of nitrogens with zero attached hydrogens (tertiary/aromatic N) is 3. The van der Waals surface area contributed by atoms with Gasteiger partial charge in [-0.2, -0.15) is 0 Å². The van der Waals surface area contributed by atoms with Gasteiger partial charge in [0.2, 0.25) is 11.8 Å². The van der Waals surface area contributed by atoms with E-state index in [2.05, 4.69) is 9.97 Å². The molecule has 0 fully saturated rings. The average Bonchev–Trinajstić information content (AvgIpc) is 2.70. The first-order valence-corrected chi connectivity index (χ1v) is 9.10. The van der Waals surface area contributed by atoms with Crippen LogP contribution in [0.15, 0.2) is 48.9 Å². The third-order valence-corrected chi connectivity index (χ3v) is 4.89. The molecule has 1 aromatic carbocycles. The second kappa shape index (κ2) is 7.38. The van der Waals surface area contributed by atoms with E-state index in [4.69, 9.17) is 4.74 Å². The Balaban J connectivity index is 1.68. The number of pyridine rings is 2. The van der Waals surface area contributed by atoms with Crippen LogP contribution in [0.25, 0.3) is 11.1 Å². The maximum Gasteiger partial charge on any atom is 0.227 e. The zero-order chi connectivity index (χ0) is 19.7. The maximum absolute atomic E-state index is 14.8. The van der Waals surface area contributed by atoms with Crippen LogP contribution in [0, 0.1) is 12.7 Å². The lowest BCUT2D eigenvalue weighted by Crippen LogP contribution is -2.31. The van der Waals surface area contributed by atoms with Crippen LogP contribution in [-0.4, -0.2) is 22.9 Å². The zero-order valence-electron chi connectivity index (χ0n) is 15.8. The first-order valence-electron chi connectivity index (χ1n) is 9.10. The highest BCUT2D eigenvalue weighted by atomic mass is 19.1. The molecule has 0 atom stereocenters. The van der Waals surface area contributed by atoms with Crippen molar-refractivity contribution >= 4 is 11.6 Å². The van der Waals surface area contributed by atoms with E-state index in [1.807, 2.05) is 25.1 Å². The summed E-state index contributed by atoms with van der Waals surface area (Å²) in [6.45, 7) is 2.23. The molecule has 2 aromatic heterocycles. The first-order chi connectivity index (χ1) is 13.5. The smallest absolute Gasteiger partial charge is 0.227 e. The van der Waals surface area contributed by atoms with Gasteiger partial charge in [-0.3, -0.25) is 9.78 Å². The number of ether oxygens (including phenoxy) is 1. The van der Waals surface area contributed by atoms with Gasteiger partial charge in [-0.05, 0) is 42.7 Å². The SMILES string of the molecule is Cc1ccnc(OCc2cncc(-c3c(F)ccc4c3N(C)C(=O)CC4)c2)c1. The number of hydrogen-bond acceptors (Lipinski definition) is 4. The summed E-state index contributed by atoms with van der Waals surface area (Å²) >= 11 is 0. The second-order valence-electron chi connectivity index (χ2n) is 6.92. The van der Waals surface area contributed by atoms with Gasteiger partial charge in [-0.25, -0.2) is 9.37 Å². The van der Waals surface area contributed by atoms with Crippen molar-refractivity contribution in [2.75, 3.05) is 11.9 Å². The average molecular weight is 377 g/mol. The number of carbonyl (C=O) groups excluding carboxylic acids is 1. The van der Waals surface area contributed by atoms with Gasteiger partial charge in [0.05, 0.1) is 5.69 Å². The van der Waals surface area contributed by atoms with Gasteiger partial charge in [0.25, 0.3) is 0 Å². The molecule has 1 aliphatic rings. The number of hydrogen-bond donors (Lipinski definition) is 0. The van der Waals surface area contributed by atoms with Crippen molar-refractivity contribution in [1.82, 2.24) is 9.97 Å². The Kier molecular flexibility index (Phi) is 4.77. The fourth-order valence-corrected chi connectivity index (χ4v) is 3.45. The predicted molar refractivity (Wildman–Crippen MR) is 105 cm³/mol. The highest BCUT2D eigenvalue weighted by molar-refractivity contribution is 6.00. The highest BCUT2D eigenvalue weighted by Gasteiger charge is 2.26. The summed E-state index contributed by atoms with van der Waals surface area (Å²) in [7, 11) is 1.69. The van der Waals surface area contributed by atoms with E-state index in [-0.39, 0.29) is 18.3 Å². The molecule has 0 aliphatic carbocycles. The van der Waals surface area contributed by atoms with Crippen molar-refractivity contribution in [1.29, 1.82) is 0 Å². The third-order valence-electron chi connectivity index (χ3n) is 4.89. The minimum atomic E-state index is -0.375. The Hall–Kier alpha value is -3.28. The van der Waals surface area contributed by atoms with Crippen LogP contribution in [0.3, 0.4) is 0 Å². The van der Waals surface area contributed by atoms with Gasteiger partial charge < -0.3 is 9.64 Å². The Bertz CT molecular complexity index is 1050.